The molecule has 1 aliphatic heterocycles. The topological polar surface area (TPSA) is 12.5 Å². The van der Waals surface area contributed by atoms with E-state index in [2.05, 4.69) is 25.3 Å². The SMILES string of the molecule is CC(C)CC[CH]N1CCOCC1. The molecule has 1 fully saturated rings. The van der Waals surface area contributed by atoms with E-state index in [-0.39, 0.29) is 0 Å². The maximum absolute atomic E-state index is 5.27. The number of hydrogen-bond acceptors (Lipinski definition) is 2. The molecule has 0 N–H and O–H groups in total. The van der Waals surface area contributed by atoms with Gasteiger partial charge in [0.2, 0.25) is 0 Å². The summed E-state index contributed by atoms with van der Waals surface area (Å²) in [5.41, 5.74) is 0. The lowest BCUT2D eigenvalue weighted by molar-refractivity contribution is 0.0496. The highest BCUT2D eigenvalue weighted by atomic mass is 16.5. The smallest absolute Gasteiger partial charge is 0.0594 e. The first kappa shape index (κ1) is 10.0. The molecule has 1 aliphatic rings. The molecular formula is C10H20NO. The van der Waals surface area contributed by atoms with Gasteiger partial charge in [-0.15, -0.1) is 0 Å². The maximum atomic E-state index is 5.27. The lowest BCUT2D eigenvalue weighted by atomic mass is 10.1. The van der Waals surface area contributed by atoms with Gasteiger partial charge in [0, 0.05) is 19.6 Å². The van der Waals surface area contributed by atoms with E-state index < -0.39 is 0 Å². The Kier molecular flexibility index (Phi) is 4.62. The molecule has 1 saturated heterocycles. The van der Waals surface area contributed by atoms with Gasteiger partial charge in [-0.05, 0) is 18.8 Å². The van der Waals surface area contributed by atoms with Crippen molar-refractivity contribution in [2.24, 2.45) is 5.92 Å². The number of ether oxygens (including phenoxy) is 1. The fourth-order valence-corrected chi connectivity index (χ4v) is 1.35. The van der Waals surface area contributed by atoms with Crippen LogP contribution in [0.15, 0.2) is 0 Å². The quantitative estimate of drug-likeness (QED) is 0.639. The van der Waals surface area contributed by atoms with Crippen molar-refractivity contribution in [2.45, 2.75) is 26.7 Å². The molecule has 0 amide bonds. The Morgan fingerprint density at radius 2 is 2.00 bits per heavy atom. The molecule has 0 aromatic carbocycles. The summed E-state index contributed by atoms with van der Waals surface area (Å²) < 4.78 is 5.27. The van der Waals surface area contributed by atoms with Crippen LogP contribution in [0.25, 0.3) is 0 Å². The predicted octanol–water partition coefficient (Wildman–Crippen LogP) is 1.92. The first-order valence-electron chi connectivity index (χ1n) is 4.94. The van der Waals surface area contributed by atoms with Crippen molar-refractivity contribution in [3.63, 3.8) is 0 Å². The van der Waals surface area contributed by atoms with Gasteiger partial charge in [0.05, 0.1) is 13.2 Å². The third kappa shape index (κ3) is 4.07. The molecule has 0 unspecified atom stereocenters. The Morgan fingerprint density at radius 1 is 1.33 bits per heavy atom. The molecule has 0 saturated carbocycles. The van der Waals surface area contributed by atoms with E-state index in [1.165, 1.54) is 12.8 Å². The number of hydrogen-bond donors (Lipinski definition) is 0. The molecule has 71 valence electrons. The largest absolute Gasteiger partial charge is 0.379 e. The molecule has 0 atom stereocenters. The van der Waals surface area contributed by atoms with Crippen LogP contribution in [0.5, 0.6) is 0 Å². The molecule has 0 aromatic heterocycles. The van der Waals surface area contributed by atoms with Crippen molar-refractivity contribution < 1.29 is 4.74 Å². The standard InChI is InChI=1S/C10H20NO/c1-10(2)4-3-5-11-6-8-12-9-7-11/h5,10H,3-4,6-9H2,1-2H3. The molecule has 0 aliphatic carbocycles. The van der Waals surface area contributed by atoms with E-state index in [0.717, 1.165) is 32.2 Å². The summed E-state index contributed by atoms with van der Waals surface area (Å²) in [6.45, 7) is 10.8. The average molecular weight is 170 g/mol. The third-order valence-electron chi connectivity index (χ3n) is 2.18. The second kappa shape index (κ2) is 5.55. The summed E-state index contributed by atoms with van der Waals surface area (Å²) in [4.78, 5) is 2.38. The van der Waals surface area contributed by atoms with Gasteiger partial charge >= 0.3 is 0 Å². The van der Waals surface area contributed by atoms with E-state index in [1.54, 1.807) is 0 Å². The van der Waals surface area contributed by atoms with Crippen LogP contribution < -0.4 is 0 Å². The first-order valence-corrected chi connectivity index (χ1v) is 4.94. The van der Waals surface area contributed by atoms with E-state index >= 15 is 0 Å². The number of nitrogens with zero attached hydrogens (tertiary/aromatic N) is 1. The zero-order chi connectivity index (χ0) is 8.81. The van der Waals surface area contributed by atoms with Crippen molar-refractivity contribution >= 4 is 0 Å². The van der Waals surface area contributed by atoms with Crippen LogP contribution in [-0.4, -0.2) is 31.2 Å². The summed E-state index contributed by atoms with van der Waals surface area (Å²) in [6, 6.07) is 0. The van der Waals surface area contributed by atoms with E-state index in [0.29, 0.717) is 0 Å². The van der Waals surface area contributed by atoms with Crippen LogP contribution in [0.3, 0.4) is 0 Å². The number of rotatable bonds is 4. The summed E-state index contributed by atoms with van der Waals surface area (Å²) >= 11 is 0. The van der Waals surface area contributed by atoms with Crippen molar-refractivity contribution in [1.82, 2.24) is 4.90 Å². The Hall–Kier alpha value is -0.0800. The molecule has 2 nitrogen and oxygen atoms in total. The molecule has 1 heterocycles. The van der Waals surface area contributed by atoms with Crippen molar-refractivity contribution in [3.8, 4) is 0 Å². The monoisotopic (exact) mass is 170 g/mol. The zero-order valence-electron chi connectivity index (χ0n) is 8.25. The van der Waals surface area contributed by atoms with E-state index in [1.807, 2.05) is 0 Å². The van der Waals surface area contributed by atoms with Crippen LogP contribution >= 0.6 is 0 Å². The molecule has 1 radical (unpaired) electrons. The Bertz CT molecular complexity index is 108. The minimum absolute atomic E-state index is 0.822. The summed E-state index contributed by atoms with van der Waals surface area (Å²) in [5.74, 6) is 0.822. The average Bonchev–Trinajstić information content (AvgIpc) is 2.05. The summed E-state index contributed by atoms with van der Waals surface area (Å²) in [5, 5.41) is 0. The van der Waals surface area contributed by atoms with Gasteiger partial charge in [-0.1, -0.05) is 13.8 Å². The van der Waals surface area contributed by atoms with Gasteiger partial charge in [0.25, 0.3) is 0 Å². The van der Waals surface area contributed by atoms with Crippen LogP contribution in [0.4, 0.5) is 0 Å². The van der Waals surface area contributed by atoms with Crippen molar-refractivity contribution in [3.05, 3.63) is 6.54 Å². The zero-order valence-corrected chi connectivity index (χ0v) is 8.25. The third-order valence-corrected chi connectivity index (χ3v) is 2.18. The highest BCUT2D eigenvalue weighted by Crippen LogP contribution is 2.09. The fraction of sp³-hybridized carbons (Fsp3) is 0.900. The molecule has 12 heavy (non-hydrogen) atoms. The molecular weight excluding hydrogens is 150 g/mol. The van der Waals surface area contributed by atoms with Crippen LogP contribution in [-0.2, 0) is 4.74 Å². The molecule has 2 heteroatoms. The summed E-state index contributed by atoms with van der Waals surface area (Å²) in [6.07, 6.45) is 2.52. The lowest BCUT2D eigenvalue weighted by Crippen LogP contribution is -2.34. The Morgan fingerprint density at radius 3 is 2.58 bits per heavy atom. The Labute approximate surface area is 75.9 Å². The van der Waals surface area contributed by atoms with Gasteiger partial charge in [-0.25, -0.2) is 0 Å². The second-order valence-electron chi connectivity index (χ2n) is 3.80. The van der Waals surface area contributed by atoms with Gasteiger partial charge in [0.15, 0.2) is 0 Å². The predicted molar refractivity (Wildman–Crippen MR) is 50.8 cm³/mol. The first-order chi connectivity index (χ1) is 5.79. The fourth-order valence-electron chi connectivity index (χ4n) is 1.35. The van der Waals surface area contributed by atoms with Crippen LogP contribution in [0.2, 0.25) is 0 Å². The molecule has 0 spiro atoms. The highest BCUT2D eigenvalue weighted by Gasteiger charge is 2.09. The van der Waals surface area contributed by atoms with E-state index in [9.17, 15) is 0 Å². The van der Waals surface area contributed by atoms with Crippen LogP contribution in [0.1, 0.15) is 26.7 Å². The normalized spacial score (nSPS) is 20.2. The maximum Gasteiger partial charge on any atom is 0.0594 e. The van der Waals surface area contributed by atoms with Gasteiger partial charge in [0.1, 0.15) is 0 Å². The summed E-state index contributed by atoms with van der Waals surface area (Å²) in [7, 11) is 0. The number of morpholine rings is 1. The Balaban J connectivity index is 1.98. The van der Waals surface area contributed by atoms with Crippen molar-refractivity contribution in [2.75, 3.05) is 26.3 Å². The van der Waals surface area contributed by atoms with Gasteiger partial charge in [-0.3, -0.25) is 4.90 Å². The minimum Gasteiger partial charge on any atom is -0.379 e. The molecule has 0 bridgehead atoms. The van der Waals surface area contributed by atoms with Crippen molar-refractivity contribution in [1.29, 1.82) is 0 Å². The lowest BCUT2D eigenvalue weighted by Gasteiger charge is -2.26. The van der Waals surface area contributed by atoms with Crippen LogP contribution in [0, 0.1) is 12.5 Å². The van der Waals surface area contributed by atoms with Gasteiger partial charge < -0.3 is 4.74 Å². The minimum atomic E-state index is 0.822. The van der Waals surface area contributed by atoms with Gasteiger partial charge in [-0.2, -0.15) is 0 Å². The molecule has 0 aromatic rings. The molecule has 1 rings (SSSR count). The van der Waals surface area contributed by atoms with E-state index in [4.69, 9.17) is 4.74 Å². The second-order valence-corrected chi connectivity index (χ2v) is 3.80. The highest BCUT2D eigenvalue weighted by molar-refractivity contribution is 4.71.